The molecule has 4 N–H and O–H groups in total. The molecule has 0 aromatic rings. The highest BCUT2D eigenvalue weighted by Gasteiger charge is 2.50. The molecule has 1 fully saturated rings. The van der Waals surface area contributed by atoms with Crippen LogP contribution in [0.25, 0.3) is 0 Å². The Balaban J connectivity index is 2.99. The zero-order chi connectivity index (χ0) is 11.0. The van der Waals surface area contributed by atoms with Gasteiger partial charge < -0.3 is 11.5 Å². The summed E-state index contributed by atoms with van der Waals surface area (Å²) in [6.07, 6.45) is 4.64. The van der Waals surface area contributed by atoms with Crippen LogP contribution in [0.1, 0.15) is 53.4 Å². The van der Waals surface area contributed by atoms with Crippen molar-refractivity contribution in [2.24, 2.45) is 23.3 Å². The fourth-order valence-electron chi connectivity index (χ4n) is 2.95. The Kier molecular flexibility index (Phi) is 3.27. The summed E-state index contributed by atoms with van der Waals surface area (Å²) in [5, 5.41) is 0. The number of hydrogen-bond donors (Lipinski definition) is 2. The van der Waals surface area contributed by atoms with Gasteiger partial charge in [0, 0.05) is 11.1 Å². The highest BCUT2D eigenvalue weighted by molar-refractivity contribution is 5.12. The quantitative estimate of drug-likeness (QED) is 0.715. The lowest BCUT2D eigenvalue weighted by Gasteiger charge is -2.54. The molecule has 2 nitrogen and oxygen atoms in total. The van der Waals surface area contributed by atoms with Crippen molar-refractivity contribution in [2.75, 3.05) is 0 Å². The van der Waals surface area contributed by atoms with Crippen LogP contribution in [0.4, 0.5) is 0 Å². The maximum atomic E-state index is 6.56. The minimum Gasteiger partial charge on any atom is -0.323 e. The zero-order valence-corrected chi connectivity index (χ0v) is 10.1. The minimum atomic E-state index is -0.167. The van der Waals surface area contributed by atoms with Crippen molar-refractivity contribution < 1.29 is 0 Å². The molecule has 0 bridgehead atoms. The van der Waals surface area contributed by atoms with Crippen molar-refractivity contribution in [3.63, 3.8) is 0 Å². The molecule has 0 aromatic carbocycles. The first-order valence-electron chi connectivity index (χ1n) is 5.92. The summed E-state index contributed by atoms with van der Waals surface area (Å²) >= 11 is 0. The highest BCUT2D eigenvalue weighted by Crippen LogP contribution is 2.42. The maximum absolute atomic E-state index is 6.56. The lowest BCUT2D eigenvalue weighted by molar-refractivity contribution is 0.0624. The van der Waals surface area contributed by atoms with Crippen LogP contribution in [0.2, 0.25) is 0 Å². The minimum absolute atomic E-state index is 0.167. The lowest BCUT2D eigenvalue weighted by Crippen LogP contribution is -2.72. The van der Waals surface area contributed by atoms with Crippen molar-refractivity contribution >= 4 is 0 Å². The normalized spacial score (nSPS) is 39.4. The third-order valence-electron chi connectivity index (χ3n) is 4.36. The predicted molar refractivity (Wildman–Crippen MR) is 62.0 cm³/mol. The molecule has 84 valence electrons. The van der Waals surface area contributed by atoms with E-state index in [1.165, 1.54) is 12.8 Å². The summed E-state index contributed by atoms with van der Waals surface area (Å²) < 4.78 is 0. The van der Waals surface area contributed by atoms with Crippen LogP contribution in [0.5, 0.6) is 0 Å². The SMILES string of the molecule is CC(C)C1(N)CCCCC1(N)C(C)C. The molecule has 14 heavy (non-hydrogen) atoms. The molecule has 2 atom stereocenters. The Labute approximate surface area is 88.4 Å². The topological polar surface area (TPSA) is 52.0 Å². The first kappa shape index (κ1) is 12.0. The third-order valence-corrected chi connectivity index (χ3v) is 4.36. The van der Waals surface area contributed by atoms with E-state index in [1.54, 1.807) is 0 Å². The molecule has 0 spiro atoms. The molecule has 2 unspecified atom stereocenters. The van der Waals surface area contributed by atoms with Crippen molar-refractivity contribution in [2.45, 2.75) is 64.5 Å². The first-order chi connectivity index (χ1) is 6.34. The molecule has 1 saturated carbocycles. The molecule has 0 amide bonds. The monoisotopic (exact) mass is 198 g/mol. The number of nitrogens with two attached hydrogens (primary N) is 2. The largest absolute Gasteiger partial charge is 0.323 e. The molecule has 0 radical (unpaired) electrons. The summed E-state index contributed by atoms with van der Waals surface area (Å²) in [7, 11) is 0. The van der Waals surface area contributed by atoms with Gasteiger partial charge in [0.05, 0.1) is 0 Å². The van der Waals surface area contributed by atoms with E-state index in [0.717, 1.165) is 12.8 Å². The van der Waals surface area contributed by atoms with E-state index in [-0.39, 0.29) is 11.1 Å². The van der Waals surface area contributed by atoms with Crippen LogP contribution < -0.4 is 11.5 Å². The molecule has 0 saturated heterocycles. The fraction of sp³-hybridized carbons (Fsp3) is 1.00. The second-order valence-corrected chi connectivity index (χ2v) is 5.60. The van der Waals surface area contributed by atoms with E-state index >= 15 is 0 Å². The second-order valence-electron chi connectivity index (χ2n) is 5.60. The Bertz CT molecular complexity index is 178. The van der Waals surface area contributed by atoms with Crippen molar-refractivity contribution in [3.8, 4) is 0 Å². The number of hydrogen-bond acceptors (Lipinski definition) is 2. The summed E-state index contributed by atoms with van der Waals surface area (Å²) in [6, 6.07) is 0. The van der Waals surface area contributed by atoms with Gasteiger partial charge in [-0.1, -0.05) is 40.5 Å². The van der Waals surface area contributed by atoms with Crippen LogP contribution in [-0.4, -0.2) is 11.1 Å². The first-order valence-corrected chi connectivity index (χ1v) is 5.92. The summed E-state index contributed by atoms with van der Waals surface area (Å²) in [6.45, 7) is 8.81. The molecular formula is C12H26N2. The lowest BCUT2D eigenvalue weighted by atomic mass is 9.58. The summed E-state index contributed by atoms with van der Waals surface area (Å²) in [5.41, 5.74) is 12.8. The van der Waals surface area contributed by atoms with Crippen LogP contribution >= 0.6 is 0 Å². The van der Waals surface area contributed by atoms with Gasteiger partial charge >= 0.3 is 0 Å². The standard InChI is InChI=1S/C12H26N2/c1-9(2)11(13)7-5-6-8-12(11,14)10(3)4/h9-10H,5-8,13-14H2,1-4H3. The van der Waals surface area contributed by atoms with Gasteiger partial charge in [0.1, 0.15) is 0 Å². The summed E-state index contributed by atoms with van der Waals surface area (Å²) in [4.78, 5) is 0. The van der Waals surface area contributed by atoms with Gasteiger partial charge in [-0.3, -0.25) is 0 Å². The highest BCUT2D eigenvalue weighted by atomic mass is 14.9. The molecule has 2 heteroatoms. The Hall–Kier alpha value is -0.0800. The van der Waals surface area contributed by atoms with E-state index in [4.69, 9.17) is 11.5 Å². The van der Waals surface area contributed by atoms with Gasteiger partial charge in [-0.25, -0.2) is 0 Å². The van der Waals surface area contributed by atoms with Gasteiger partial charge in [0.15, 0.2) is 0 Å². The van der Waals surface area contributed by atoms with Crippen molar-refractivity contribution in [3.05, 3.63) is 0 Å². The Morgan fingerprint density at radius 1 is 0.786 bits per heavy atom. The molecule has 0 heterocycles. The fourth-order valence-corrected chi connectivity index (χ4v) is 2.95. The Morgan fingerprint density at radius 2 is 1.07 bits per heavy atom. The molecule has 1 rings (SSSR count). The van der Waals surface area contributed by atoms with Crippen LogP contribution in [0.3, 0.4) is 0 Å². The number of rotatable bonds is 2. The average molecular weight is 198 g/mol. The molecule has 0 aliphatic heterocycles. The smallest absolute Gasteiger partial charge is 0.0362 e. The van der Waals surface area contributed by atoms with Gasteiger partial charge in [-0.2, -0.15) is 0 Å². The van der Waals surface area contributed by atoms with E-state index in [0.29, 0.717) is 11.8 Å². The molecule has 1 aliphatic rings. The van der Waals surface area contributed by atoms with Crippen LogP contribution in [-0.2, 0) is 0 Å². The zero-order valence-electron chi connectivity index (χ0n) is 10.1. The average Bonchev–Trinajstić information content (AvgIpc) is 2.09. The third kappa shape index (κ3) is 1.59. The second kappa shape index (κ2) is 3.82. The van der Waals surface area contributed by atoms with Crippen molar-refractivity contribution in [1.29, 1.82) is 0 Å². The van der Waals surface area contributed by atoms with Crippen molar-refractivity contribution in [1.82, 2.24) is 0 Å². The van der Waals surface area contributed by atoms with Crippen LogP contribution in [0, 0.1) is 11.8 Å². The van der Waals surface area contributed by atoms with Gasteiger partial charge in [-0.05, 0) is 24.7 Å². The molecule has 1 aliphatic carbocycles. The van der Waals surface area contributed by atoms with E-state index in [9.17, 15) is 0 Å². The predicted octanol–water partition coefficient (Wildman–Crippen LogP) is 2.27. The van der Waals surface area contributed by atoms with E-state index < -0.39 is 0 Å². The van der Waals surface area contributed by atoms with Gasteiger partial charge in [0.2, 0.25) is 0 Å². The maximum Gasteiger partial charge on any atom is 0.0362 e. The van der Waals surface area contributed by atoms with E-state index in [1.807, 2.05) is 0 Å². The van der Waals surface area contributed by atoms with E-state index in [2.05, 4.69) is 27.7 Å². The van der Waals surface area contributed by atoms with Gasteiger partial charge in [-0.15, -0.1) is 0 Å². The Morgan fingerprint density at radius 3 is 1.29 bits per heavy atom. The van der Waals surface area contributed by atoms with Gasteiger partial charge in [0.25, 0.3) is 0 Å². The summed E-state index contributed by atoms with van der Waals surface area (Å²) in [5.74, 6) is 0.936. The van der Waals surface area contributed by atoms with Crippen LogP contribution in [0.15, 0.2) is 0 Å². The molecule has 0 aromatic heterocycles. The molecular weight excluding hydrogens is 172 g/mol.